The zero-order chi connectivity index (χ0) is 8.85. The molecule has 0 heterocycles. The standard InChI is InChI=1S/C8H17NOS/c1-7(8(2)10)9(3)5-6-11-4/h7H,5-6H2,1-4H3. The van der Waals surface area contributed by atoms with Crippen LogP contribution >= 0.6 is 11.8 Å². The minimum Gasteiger partial charge on any atom is -0.298 e. The molecule has 66 valence electrons. The summed E-state index contributed by atoms with van der Waals surface area (Å²) in [5.74, 6) is 1.34. The highest BCUT2D eigenvalue weighted by Gasteiger charge is 2.12. The molecule has 11 heavy (non-hydrogen) atoms. The van der Waals surface area contributed by atoms with Gasteiger partial charge in [-0.3, -0.25) is 9.69 Å². The van der Waals surface area contributed by atoms with E-state index in [0.29, 0.717) is 0 Å². The van der Waals surface area contributed by atoms with Crippen molar-refractivity contribution >= 4 is 17.5 Å². The van der Waals surface area contributed by atoms with Gasteiger partial charge < -0.3 is 0 Å². The molecule has 0 radical (unpaired) electrons. The summed E-state index contributed by atoms with van der Waals surface area (Å²) >= 11 is 1.81. The van der Waals surface area contributed by atoms with Crippen molar-refractivity contribution in [3.05, 3.63) is 0 Å². The van der Waals surface area contributed by atoms with Gasteiger partial charge in [0.15, 0.2) is 0 Å². The maximum absolute atomic E-state index is 10.9. The van der Waals surface area contributed by atoms with Crippen LogP contribution in [0.15, 0.2) is 0 Å². The van der Waals surface area contributed by atoms with E-state index in [2.05, 4.69) is 11.2 Å². The highest BCUT2D eigenvalue weighted by Crippen LogP contribution is 1.99. The maximum Gasteiger partial charge on any atom is 0.146 e. The number of likely N-dealkylation sites (N-methyl/N-ethyl adjacent to an activating group) is 1. The van der Waals surface area contributed by atoms with Gasteiger partial charge in [0.1, 0.15) is 5.78 Å². The van der Waals surface area contributed by atoms with Crippen LogP contribution in [0.1, 0.15) is 13.8 Å². The molecular weight excluding hydrogens is 158 g/mol. The molecule has 3 heteroatoms. The molecule has 0 rings (SSSR count). The van der Waals surface area contributed by atoms with E-state index in [4.69, 9.17) is 0 Å². The predicted octanol–water partition coefficient (Wildman–Crippen LogP) is 1.26. The van der Waals surface area contributed by atoms with Crippen LogP contribution in [0, 0.1) is 0 Å². The second kappa shape index (κ2) is 5.61. The molecule has 0 aliphatic heterocycles. The smallest absolute Gasteiger partial charge is 0.146 e. The van der Waals surface area contributed by atoms with Crippen molar-refractivity contribution in [2.24, 2.45) is 0 Å². The topological polar surface area (TPSA) is 20.3 Å². The summed E-state index contributed by atoms with van der Waals surface area (Å²) in [4.78, 5) is 13.0. The summed E-state index contributed by atoms with van der Waals surface area (Å²) in [5, 5.41) is 0. The van der Waals surface area contributed by atoms with Crippen molar-refractivity contribution in [3.8, 4) is 0 Å². The zero-order valence-corrected chi connectivity index (χ0v) is 8.57. The summed E-state index contributed by atoms with van der Waals surface area (Å²) < 4.78 is 0. The summed E-state index contributed by atoms with van der Waals surface area (Å²) in [6.07, 6.45) is 2.08. The molecule has 0 N–H and O–H groups in total. The molecule has 0 aliphatic rings. The van der Waals surface area contributed by atoms with Crippen molar-refractivity contribution in [1.29, 1.82) is 0 Å². The van der Waals surface area contributed by atoms with Gasteiger partial charge in [-0.2, -0.15) is 11.8 Å². The van der Waals surface area contributed by atoms with Gasteiger partial charge in [0.25, 0.3) is 0 Å². The molecule has 1 atom stereocenters. The first-order chi connectivity index (χ1) is 5.09. The average molecular weight is 175 g/mol. The number of rotatable bonds is 5. The third-order valence-electron chi connectivity index (χ3n) is 1.90. The normalized spacial score (nSPS) is 13.5. The first-order valence-corrected chi connectivity index (χ1v) is 5.18. The lowest BCUT2D eigenvalue weighted by Crippen LogP contribution is -2.35. The van der Waals surface area contributed by atoms with Gasteiger partial charge in [0.05, 0.1) is 6.04 Å². The van der Waals surface area contributed by atoms with Crippen LogP contribution in [0.4, 0.5) is 0 Å². The minimum absolute atomic E-state index is 0.0714. The molecular formula is C8H17NOS. The molecule has 1 unspecified atom stereocenters. The maximum atomic E-state index is 10.9. The number of nitrogens with zero attached hydrogens (tertiary/aromatic N) is 1. The summed E-state index contributed by atoms with van der Waals surface area (Å²) in [7, 11) is 1.99. The van der Waals surface area contributed by atoms with Crippen molar-refractivity contribution in [2.75, 3.05) is 25.6 Å². The average Bonchev–Trinajstić information content (AvgIpc) is 1.98. The van der Waals surface area contributed by atoms with Crippen LogP contribution in [0.3, 0.4) is 0 Å². The van der Waals surface area contributed by atoms with Crippen LogP contribution in [-0.2, 0) is 4.79 Å². The quantitative estimate of drug-likeness (QED) is 0.627. The molecule has 0 bridgehead atoms. The van der Waals surface area contributed by atoms with Crippen molar-refractivity contribution < 1.29 is 4.79 Å². The fourth-order valence-corrected chi connectivity index (χ4v) is 1.21. The number of thioether (sulfide) groups is 1. The third-order valence-corrected chi connectivity index (χ3v) is 2.49. The molecule has 2 nitrogen and oxygen atoms in total. The Morgan fingerprint density at radius 3 is 2.55 bits per heavy atom. The molecule has 0 amide bonds. The molecule has 0 aromatic carbocycles. The largest absolute Gasteiger partial charge is 0.298 e. The van der Waals surface area contributed by atoms with Gasteiger partial charge in [0, 0.05) is 12.3 Å². The Balaban J connectivity index is 3.63. The van der Waals surface area contributed by atoms with Crippen LogP contribution in [0.2, 0.25) is 0 Å². The van der Waals surface area contributed by atoms with Gasteiger partial charge in [-0.05, 0) is 27.2 Å². The third kappa shape index (κ3) is 4.43. The molecule has 0 aromatic heterocycles. The van der Waals surface area contributed by atoms with Crippen LogP contribution in [0.25, 0.3) is 0 Å². The molecule has 0 saturated heterocycles. The van der Waals surface area contributed by atoms with E-state index in [0.717, 1.165) is 12.3 Å². The first-order valence-electron chi connectivity index (χ1n) is 3.79. The van der Waals surface area contributed by atoms with Crippen LogP contribution in [0.5, 0.6) is 0 Å². The lowest BCUT2D eigenvalue weighted by molar-refractivity contribution is -0.121. The fraction of sp³-hybridized carbons (Fsp3) is 0.875. The Labute approximate surface area is 73.3 Å². The predicted molar refractivity (Wildman–Crippen MR) is 51.2 cm³/mol. The van der Waals surface area contributed by atoms with Crippen molar-refractivity contribution in [3.63, 3.8) is 0 Å². The van der Waals surface area contributed by atoms with Crippen LogP contribution < -0.4 is 0 Å². The highest BCUT2D eigenvalue weighted by atomic mass is 32.2. The van der Waals surface area contributed by atoms with E-state index < -0.39 is 0 Å². The lowest BCUT2D eigenvalue weighted by atomic mass is 10.2. The van der Waals surface area contributed by atoms with E-state index >= 15 is 0 Å². The van der Waals surface area contributed by atoms with Gasteiger partial charge >= 0.3 is 0 Å². The highest BCUT2D eigenvalue weighted by molar-refractivity contribution is 7.98. The summed E-state index contributed by atoms with van der Waals surface area (Å²) in [6.45, 7) is 4.57. The number of carbonyl (C=O) groups excluding carboxylic acids is 1. The summed E-state index contributed by atoms with van der Waals surface area (Å²) in [6, 6.07) is 0.0714. The molecule has 0 spiro atoms. The second-order valence-electron chi connectivity index (χ2n) is 2.76. The molecule has 0 aliphatic carbocycles. The van der Waals surface area contributed by atoms with E-state index in [-0.39, 0.29) is 11.8 Å². The number of Topliss-reactive ketones (excluding diaryl/α,β-unsaturated/α-hetero) is 1. The van der Waals surface area contributed by atoms with Crippen molar-refractivity contribution in [1.82, 2.24) is 4.90 Å². The Bertz CT molecular complexity index is 127. The lowest BCUT2D eigenvalue weighted by Gasteiger charge is -2.21. The Hall–Kier alpha value is -0.0200. The van der Waals surface area contributed by atoms with Gasteiger partial charge in [-0.1, -0.05) is 0 Å². The SMILES string of the molecule is CSCCN(C)C(C)C(C)=O. The zero-order valence-electron chi connectivity index (χ0n) is 7.76. The molecule has 0 saturated carbocycles. The summed E-state index contributed by atoms with van der Waals surface area (Å²) in [5.41, 5.74) is 0. The van der Waals surface area contributed by atoms with E-state index in [1.54, 1.807) is 18.7 Å². The second-order valence-corrected chi connectivity index (χ2v) is 3.75. The minimum atomic E-state index is 0.0714. The Morgan fingerprint density at radius 2 is 2.18 bits per heavy atom. The van der Waals surface area contributed by atoms with Gasteiger partial charge in [0.2, 0.25) is 0 Å². The Kier molecular flexibility index (Phi) is 5.60. The molecule has 0 fully saturated rings. The number of ketones is 1. The van der Waals surface area contributed by atoms with E-state index in [1.807, 2.05) is 14.0 Å². The first kappa shape index (κ1) is 11.0. The monoisotopic (exact) mass is 175 g/mol. The van der Waals surface area contributed by atoms with Crippen LogP contribution in [-0.4, -0.2) is 42.3 Å². The van der Waals surface area contributed by atoms with Gasteiger partial charge in [-0.25, -0.2) is 0 Å². The Morgan fingerprint density at radius 1 is 1.64 bits per heavy atom. The van der Waals surface area contributed by atoms with Gasteiger partial charge in [-0.15, -0.1) is 0 Å². The number of carbonyl (C=O) groups is 1. The van der Waals surface area contributed by atoms with Crippen molar-refractivity contribution in [2.45, 2.75) is 19.9 Å². The fourth-order valence-electron chi connectivity index (χ4n) is 0.739. The number of hydrogen-bond donors (Lipinski definition) is 0. The number of hydrogen-bond acceptors (Lipinski definition) is 3. The van der Waals surface area contributed by atoms with E-state index in [9.17, 15) is 4.79 Å². The molecule has 0 aromatic rings. The van der Waals surface area contributed by atoms with E-state index in [1.165, 1.54) is 0 Å².